The van der Waals surface area contributed by atoms with Crippen molar-refractivity contribution in [2.45, 2.75) is 129 Å². The molecule has 17 heteroatoms. The van der Waals surface area contributed by atoms with Gasteiger partial charge in [-0.25, -0.2) is 0 Å². The molecule has 64 heavy (non-hydrogen) atoms. The van der Waals surface area contributed by atoms with E-state index in [9.17, 15) is 14.4 Å². The molecule has 0 unspecified atom stereocenters. The number of amides is 1. The van der Waals surface area contributed by atoms with Crippen LogP contribution < -0.4 is 5.32 Å². The molecule has 0 saturated heterocycles. The topological polar surface area (TPSA) is 194 Å². The predicted molar refractivity (Wildman–Crippen MR) is 244 cm³/mol. The van der Waals surface area contributed by atoms with Crippen molar-refractivity contribution in [3.8, 4) is 0 Å². The Morgan fingerprint density at radius 1 is 0.328 bits per heavy atom. The van der Waals surface area contributed by atoms with E-state index >= 15 is 0 Å². The van der Waals surface area contributed by atoms with E-state index in [1.54, 1.807) is 0 Å². The molecule has 380 valence electrons. The first-order valence-corrected chi connectivity index (χ1v) is 24.6. The van der Waals surface area contributed by atoms with Gasteiger partial charge in [-0.05, 0) is 12.8 Å². The lowest BCUT2D eigenvalue weighted by atomic mass is 10.0. The maximum absolute atomic E-state index is 11.9. The number of nitrogens with one attached hydrogen (secondary N) is 1. The molecule has 0 spiro atoms. The van der Waals surface area contributed by atoms with Gasteiger partial charge in [0.1, 0.15) is 6.61 Å². The van der Waals surface area contributed by atoms with Crippen LogP contribution in [0, 0.1) is 0 Å². The number of esters is 1. The second kappa shape index (κ2) is 55.3. The van der Waals surface area contributed by atoms with Crippen LogP contribution in [0.3, 0.4) is 0 Å². The summed E-state index contributed by atoms with van der Waals surface area (Å²) in [5.74, 6) is -1.39. The zero-order chi connectivity index (χ0) is 46.3. The van der Waals surface area contributed by atoms with Gasteiger partial charge in [-0.15, -0.1) is 0 Å². The lowest BCUT2D eigenvalue weighted by molar-refractivity contribution is -0.145. The maximum atomic E-state index is 11.9. The highest BCUT2D eigenvalue weighted by atomic mass is 16.6. The Hall–Kier alpha value is -2.03. The lowest BCUT2D eigenvalue weighted by Gasteiger charge is -2.09. The van der Waals surface area contributed by atoms with Crippen LogP contribution in [0.4, 0.5) is 0 Å². The standard InChI is InChI=1S/C47H91NO16/c1-2-3-4-5-6-7-8-9-10-11-12-13-14-15-16-18-47(52)64-44-43-63-42-41-62-40-39-61-38-37-60-36-35-59-34-33-58-32-31-57-30-29-56-28-27-55-26-25-54-24-23-53-22-17-21-48-45(49)19-20-46(50)51/h2-44H2,1H3,(H,48,49)(H,50,51). The maximum Gasteiger partial charge on any atom is 0.305 e. The van der Waals surface area contributed by atoms with E-state index in [2.05, 4.69) is 12.2 Å². The molecule has 0 aromatic rings. The molecule has 0 rings (SSSR count). The van der Waals surface area contributed by atoms with Crippen LogP contribution in [0.25, 0.3) is 0 Å². The number of aliphatic carboxylic acids is 1. The van der Waals surface area contributed by atoms with E-state index in [0.29, 0.717) is 165 Å². The van der Waals surface area contributed by atoms with Crippen molar-refractivity contribution in [2.24, 2.45) is 0 Å². The lowest BCUT2D eigenvalue weighted by Crippen LogP contribution is -2.25. The molecule has 0 radical (unpaired) electrons. The highest BCUT2D eigenvalue weighted by molar-refractivity contribution is 5.80. The number of carboxylic acid groups (broad SMARTS) is 1. The van der Waals surface area contributed by atoms with Crippen molar-refractivity contribution < 1.29 is 76.3 Å². The fourth-order valence-electron chi connectivity index (χ4n) is 5.94. The third kappa shape index (κ3) is 56.1. The molecule has 0 bridgehead atoms. The number of carboxylic acids is 1. The Morgan fingerprint density at radius 3 is 0.922 bits per heavy atom. The van der Waals surface area contributed by atoms with Gasteiger partial charge < -0.3 is 67.3 Å². The van der Waals surface area contributed by atoms with Crippen molar-refractivity contribution in [3.05, 3.63) is 0 Å². The summed E-state index contributed by atoms with van der Waals surface area (Å²) in [7, 11) is 0. The van der Waals surface area contributed by atoms with Gasteiger partial charge in [-0.2, -0.15) is 0 Å². The molecule has 0 aromatic heterocycles. The van der Waals surface area contributed by atoms with E-state index < -0.39 is 5.97 Å². The van der Waals surface area contributed by atoms with Crippen LogP contribution in [0.5, 0.6) is 0 Å². The normalized spacial score (nSPS) is 11.4. The van der Waals surface area contributed by atoms with Crippen molar-refractivity contribution in [1.29, 1.82) is 0 Å². The number of rotatable bonds is 56. The van der Waals surface area contributed by atoms with Gasteiger partial charge in [-0.3, -0.25) is 14.4 Å². The summed E-state index contributed by atoms with van der Waals surface area (Å²) in [6.45, 7) is 13.3. The average molecular weight is 926 g/mol. The first kappa shape index (κ1) is 62.0. The SMILES string of the molecule is CCCCCCCCCCCCCCCCCC(=O)OCCOCCOCCOCCOCCOCCOCCOCCOCCOCCOCCOCCCNC(=O)CCC(=O)O. The van der Waals surface area contributed by atoms with Crippen LogP contribution in [-0.2, 0) is 71.2 Å². The quantitative estimate of drug-likeness (QED) is 0.0506. The molecule has 0 aliphatic rings. The van der Waals surface area contributed by atoms with Gasteiger partial charge in [0.2, 0.25) is 5.91 Å². The van der Waals surface area contributed by atoms with Gasteiger partial charge in [-0.1, -0.05) is 96.8 Å². The molecular weight excluding hydrogens is 835 g/mol. The van der Waals surface area contributed by atoms with E-state index in [1.165, 1.54) is 83.5 Å². The average Bonchev–Trinajstić information content (AvgIpc) is 3.29. The molecule has 0 atom stereocenters. The van der Waals surface area contributed by atoms with Crippen LogP contribution in [-0.4, -0.2) is 181 Å². The van der Waals surface area contributed by atoms with Crippen molar-refractivity contribution in [2.75, 3.05) is 159 Å². The van der Waals surface area contributed by atoms with Crippen molar-refractivity contribution in [1.82, 2.24) is 5.32 Å². The van der Waals surface area contributed by atoms with Crippen molar-refractivity contribution >= 4 is 17.8 Å². The smallest absolute Gasteiger partial charge is 0.305 e. The van der Waals surface area contributed by atoms with E-state index in [0.717, 1.165) is 12.8 Å². The minimum atomic E-state index is -0.984. The largest absolute Gasteiger partial charge is 0.481 e. The summed E-state index contributed by atoms with van der Waals surface area (Å²) in [6.07, 6.45) is 20.6. The zero-order valence-electron chi connectivity index (χ0n) is 40.0. The molecule has 0 aliphatic heterocycles. The first-order chi connectivity index (χ1) is 31.6. The molecule has 0 heterocycles. The summed E-state index contributed by atoms with van der Waals surface area (Å²) in [6, 6.07) is 0. The molecule has 0 aliphatic carbocycles. The summed E-state index contributed by atoms with van der Waals surface area (Å²) < 4.78 is 65.6. The van der Waals surface area contributed by atoms with Crippen LogP contribution in [0.1, 0.15) is 129 Å². The van der Waals surface area contributed by atoms with E-state index in [4.69, 9.17) is 61.9 Å². The molecule has 17 nitrogen and oxygen atoms in total. The van der Waals surface area contributed by atoms with E-state index in [-0.39, 0.29) is 31.3 Å². The number of unbranched alkanes of at least 4 members (excludes halogenated alkanes) is 14. The number of carbonyl (C=O) groups excluding carboxylic acids is 2. The number of hydrogen-bond donors (Lipinski definition) is 2. The van der Waals surface area contributed by atoms with Crippen molar-refractivity contribution in [3.63, 3.8) is 0 Å². The fraction of sp³-hybridized carbons (Fsp3) is 0.936. The number of hydrogen-bond acceptors (Lipinski definition) is 15. The van der Waals surface area contributed by atoms with Gasteiger partial charge in [0.25, 0.3) is 0 Å². The predicted octanol–water partition coefficient (Wildman–Crippen LogP) is 6.34. The Morgan fingerprint density at radius 2 is 0.609 bits per heavy atom. The molecule has 0 aromatic carbocycles. The minimum Gasteiger partial charge on any atom is -0.481 e. The van der Waals surface area contributed by atoms with Gasteiger partial charge in [0, 0.05) is 26.0 Å². The Labute approximate surface area is 386 Å². The molecule has 1 amide bonds. The van der Waals surface area contributed by atoms with Crippen LogP contribution in [0.15, 0.2) is 0 Å². The van der Waals surface area contributed by atoms with E-state index in [1.807, 2.05) is 0 Å². The molecule has 0 fully saturated rings. The third-order valence-corrected chi connectivity index (χ3v) is 9.55. The minimum absolute atomic E-state index is 0.0132. The van der Waals surface area contributed by atoms with Crippen LogP contribution in [0.2, 0.25) is 0 Å². The second-order valence-electron chi connectivity index (χ2n) is 15.3. The first-order valence-electron chi connectivity index (χ1n) is 24.6. The monoisotopic (exact) mass is 926 g/mol. The molecular formula is C47H91NO16. The fourth-order valence-corrected chi connectivity index (χ4v) is 5.94. The third-order valence-electron chi connectivity index (χ3n) is 9.55. The molecule has 0 saturated carbocycles. The zero-order valence-corrected chi connectivity index (χ0v) is 40.0. The van der Waals surface area contributed by atoms with Gasteiger partial charge in [0.15, 0.2) is 0 Å². The van der Waals surface area contributed by atoms with Crippen LogP contribution >= 0.6 is 0 Å². The molecule has 2 N–H and O–H groups in total. The van der Waals surface area contributed by atoms with Gasteiger partial charge >= 0.3 is 11.9 Å². The second-order valence-corrected chi connectivity index (χ2v) is 15.3. The Kier molecular flexibility index (Phi) is 53.5. The highest BCUT2D eigenvalue weighted by Crippen LogP contribution is 2.14. The summed E-state index contributed by atoms with van der Waals surface area (Å²) in [5, 5.41) is 11.2. The summed E-state index contributed by atoms with van der Waals surface area (Å²) >= 11 is 0. The number of carbonyl (C=O) groups is 3. The Balaban J connectivity index is 3.14. The number of ether oxygens (including phenoxy) is 12. The summed E-state index contributed by atoms with van der Waals surface area (Å²) in [5.41, 5.74) is 0. The Bertz CT molecular complexity index is 966. The van der Waals surface area contributed by atoms with Gasteiger partial charge in [0.05, 0.1) is 145 Å². The highest BCUT2D eigenvalue weighted by Gasteiger charge is 2.05. The summed E-state index contributed by atoms with van der Waals surface area (Å²) in [4.78, 5) is 33.7.